The maximum Gasteiger partial charge on any atom is 0.152 e. The summed E-state index contributed by atoms with van der Waals surface area (Å²) >= 11 is 3.50. The van der Waals surface area contributed by atoms with Crippen LogP contribution in [0.2, 0.25) is 0 Å². The summed E-state index contributed by atoms with van der Waals surface area (Å²) in [7, 11) is 0. The molecule has 0 saturated heterocycles. The van der Waals surface area contributed by atoms with E-state index in [9.17, 15) is 0 Å². The van der Waals surface area contributed by atoms with E-state index in [1.165, 1.54) is 0 Å². The van der Waals surface area contributed by atoms with E-state index in [1.54, 1.807) is 0 Å². The molecule has 0 spiro atoms. The normalized spacial score (nSPS) is 12.3. The van der Waals surface area contributed by atoms with Crippen LogP contribution >= 0.6 is 15.9 Å². The van der Waals surface area contributed by atoms with Gasteiger partial charge in [0.2, 0.25) is 0 Å². The number of benzene rings is 1. The smallest absolute Gasteiger partial charge is 0.152 e. The Morgan fingerprint density at radius 3 is 2.74 bits per heavy atom. The van der Waals surface area contributed by atoms with Crippen molar-refractivity contribution in [3.8, 4) is 0 Å². The average Bonchev–Trinajstić information content (AvgIpc) is 2.96. The molecule has 0 unspecified atom stereocenters. The Balaban J connectivity index is 2.21. The molecule has 0 amide bonds. The summed E-state index contributed by atoms with van der Waals surface area (Å²) < 4.78 is 14.7. The van der Waals surface area contributed by atoms with Crippen LogP contribution in [0, 0.1) is 0 Å². The molecule has 0 aliphatic carbocycles. The molecule has 0 fully saturated rings. The number of halogens is 1. The average molecular weight is 436 g/mol. The van der Waals surface area contributed by atoms with Crippen molar-refractivity contribution in [2.45, 2.75) is 39.5 Å². The number of anilines is 1. The fourth-order valence-corrected chi connectivity index (χ4v) is 3.52. The number of hydrogen-bond donors (Lipinski definition) is 2. The lowest BCUT2D eigenvalue weighted by Gasteiger charge is -2.27. The zero-order chi connectivity index (χ0) is 19.6. The number of nitrogens with zero attached hydrogens (tertiary/aromatic N) is 3. The molecule has 0 bridgehead atoms. The molecule has 0 aliphatic heterocycles. The van der Waals surface area contributed by atoms with Gasteiger partial charge in [0.25, 0.3) is 0 Å². The Hall–Kier alpha value is -1.74. The Morgan fingerprint density at radius 1 is 1.26 bits per heavy atom. The largest absolute Gasteiger partial charge is 0.382 e. The fraction of sp³-hybridized carbons (Fsp3) is 0.474. The van der Waals surface area contributed by atoms with Crippen molar-refractivity contribution in [1.82, 2.24) is 14.5 Å². The Labute approximate surface area is 167 Å². The lowest BCUT2D eigenvalue weighted by molar-refractivity contribution is -0.0258. The summed E-state index contributed by atoms with van der Waals surface area (Å²) in [5.41, 5.74) is 13.9. The molecule has 27 heavy (non-hydrogen) atoms. The second-order valence-corrected chi connectivity index (χ2v) is 7.92. The van der Waals surface area contributed by atoms with Crippen molar-refractivity contribution in [3.63, 3.8) is 0 Å². The first kappa shape index (κ1) is 20.0. The summed E-state index contributed by atoms with van der Waals surface area (Å²) in [5, 5.41) is 0.993. The van der Waals surface area contributed by atoms with E-state index in [0.717, 1.165) is 26.7 Å². The fourth-order valence-electron chi connectivity index (χ4n) is 3.17. The van der Waals surface area contributed by atoms with Crippen molar-refractivity contribution in [3.05, 3.63) is 28.5 Å². The number of nitrogen functional groups attached to an aromatic ring is 1. The number of ether oxygens (including phenoxy) is 2. The second-order valence-electron chi connectivity index (χ2n) is 7.00. The summed E-state index contributed by atoms with van der Waals surface area (Å²) in [6.45, 7) is 8.63. The monoisotopic (exact) mass is 435 g/mol. The van der Waals surface area contributed by atoms with Gasteiger partial charge in [0, 0.05) is 23.0 Å². The third-order valence-corrected chi connectivity index (χ3v) is 4.82. The van der Waals surface area contributed by atoms with Crippen molar-refractivity contribution >= 4 is 43.7 Å². The van der Waals surface area contributed by atoms with Crippen LogP contribution in [0.5, 0.6) is 0 Å². The molecule has 2 aromatic heterocycles. The minimum atomic E-state index is -0.423. The number of aromatic nitrogens is 3. The van der Waals surface area contributed by atoms with Gasteiger partial charge in [-0.15, -0.1) is 0 Å². The van der Waals surface area contributed by atoms with E-state index in [0.29, 0.717) is 44.2 Å². The van der Waals surface area contributed by atoms with Gasteiger partial charge in [-0.05, 0) is 39.0 Å². The molecular formula is C19H26BrN5O2. The van der Waals surface area contributed by atoms with E-state index in [4.69, 9.17) is 25.9 Å². The summed E-state index contributed by atoms with van der Waals surface area (Å²) in [6, 6.07) is 5.99. The highest BCUT2D eigenvalue weighted by Crippen LogP contribution is 2.32. The molecule has 1 aromatic carbocycles. The van der Waals surface area contributed by atoms with E-state index in [1.807, 2.05) is 39.0 Å². The molecule has 146 valence electrons. The van der Waals surface area contributed by atoms with Crippen LogP contribution in [0.3, 0.4) is 0 Å². The highest BCUT2D eigenvalue weighted by atomic mass is 79.9. The van der Waals surface area contributed by atoms with Crippen LogP contribution in [0.25, 0.3) is 21.9 Å². The highest BCUT2D eigenvalue weighted by Gasteiger charge is 2.25. The highest BCUT2D eigenvalue weighted by molar-refractivity contribution is 9.10. The third kappa shape index (κ3) is 4.24. The maximum atomic E-state index is 6.24. The Bertz CT molecular complexity index is 954. The first-order valence-corrected chi connectivity index (χ1v) is 9.81. The summed E-state index contributed by atoms with van der Waals surface area (Å²) in [6.07, 6.45) is 0. The van der Waals surface area contributed by atoms with Crippen molar-refractivity contribution < 1.29 is 9.47 Å². The van der Waals surface area contributed by atoms with Crippen LogP contribution in [-0.2, 0) is 22.6 Å². The van der Waals surface area contributed by atoms with E-state index >= 15 is 0 Å². The molecule has 4 N–H and O–H groups in total. The topological polar surface area (TPSA) is 101 Å². The van der Waals surface area contributed by atoms with Gasteiger partial charge in [-0.25, -0.2) is 9.97 Å². The van der Waals surface area contributed by atoms with Gasteiger partial charge in [-0.3, -0.25) is 0 Å². The maximum absolute atomic E-state index is 6.24. The van der Waals surface area contributed by atoms with Crippen molar-refractivity contribution in [1.29, 1.82) is 0 Å². The molecule has 3 rings (SSSR count). The number of nitrogens with two attached hydrogens (primary N) is 2. The van der Waals surface area contributed by atoms with Crippen LogP contribution in [0.15, 0.2) is 22.7 Å². The Kier molecular flexibility index (Phi) is 6.00. The number of pyridine rings is 1. The first-order valence-electron chi connectivity index (χ1n) is 9.02. The van der Waals surface area contributed by atoms with Crippen molar-refractivity contribution in [2.75, 3.05) is 25.5 Å². The van der Waals surface area contributed by atoms with Gasteiger partial charge >= 0.3 is 0 Å². The van der Waals surface area contributed by atoms with Crippen LogP contribution in [0.4, 0.5) is 5.82 Å². The van der Waals surface area contributed by atoms with Gasteiger partial charge in [0.05, 0.1) is 29.8 Å². The summed E-state index contributed by atoms with van der Waals surface area (Å²) in [5.74, 6) is 1.22. The zero-order valence-electron chi connectivity index (χ0n) is 16.0. The van der Waals surface area contributed by atoms with E-state index < -0.39 is 5.60 Å². The SMILES string of the molecule is CCOCc1nc2c(N)nc3cc(Br)ccc3c2n1CC(C)(C)OCCN. The standard InChI is InChI=1S/C19H26BrN5O2/c1-4-26-10-15-24-16-17(25(15)11-19(2,3)27-8-7-21)13-6-5-12(20)9-14(13)23-18(16)22/h5-6,9H,4,7-8,10-11,21H2,1-3H3,(H2,22,23). The molecule has 2 heterocycles. The predicted molar refractivity (Wildman–Crippen MR) is 112 cm³/mol. The summed E-state index contributed by atoms with van der Waals surface area (Å²) in [4.78, 5) is 9.27. The third-order valence-electron chi connectivity index (χ3n) is 4.33. The van der Waals surface area contributed by atoms with Gasteiger partial charge in [0.1, 0.15) is 17.9 Å². The zero-order valence-corrected chi connectivity index (χ0v) is 17.5. The van der Waals surface area contributed by atoms with Crippen LogP contribution < -0.4 is 11.5 Å². The molecule has 3 aromatic rings. The number of imidazole rings is 1. The molecule has 0 atom stereocenters. The van der Waals surface area contributed by atoms with Gasteiger partial charge < -0.3 is 25.5 Å². The lowest BCUT2D eigenvalue weighted by Crippen LogP contribution is -2.33. The first-order chi connectivity index (χ1) is 12.9. The Morgan fingerprint density at radius 2 is 2.04 bits per heavy atom. The molecular weight excluding hydrogens is 410 g/mol. The predicted octanol–water partition coefficient (Wildman–Crippen LogP) is 3.22. The number of hydrogen-bond acceptors (Lipinski definition) is 6. The number of fused-ring (bicyclic) bond motifs is 3. The van der Waals surface area contributed by atoms with Gasteiger partial charge in [0.15, 0.2) is 5.82 Å². The molecule has 7 nitrogen and oxygen atoms in total. The van der Waals surface area contributed by atoms with Crippen molar-refractivity contribution in [2.24, 2.45) is 5.73 Å². The van der Waals surface area contributed by atoms with Crippen LogP contribution in [0.1, 0.15) is 26.6 Å². The van der Waals surface area contributed by atoms with Gasteiger partial charge in [-0.2, -0.15) is 0 Å². The van der Waals surface area contributed by atoms with Gasteiger partial charge in [-0.1, -0.05) is 15.9 Å². The van der Waals surface area contributed by atoms with E-state index in [2.05, 4.69) is 25.5 Å². The molecule has 0 aliphatic rings. The quantitative estimate of drug-likeness (QED) is 0.562. The molecule has 8 heteroatoms. The second kappa shape index (κ2) is 8.10. The molecule has 0 radical (unpaired) electrons. The minimum absolute atomic E-state index is 0.398. The van der Waals surface area contributed by atoms with Crippen LogP contribution in [-0.4, -0.2) is 39.9 Å². The minimum Gasteiger partial charge on any atom is -0.382 e. The molecule has 0 saturated carbocycles. The van der Waals surface area contributed by atoms with E-state index in [-0.39, 0.29) is 0 Å². The number of rotatable bonds is 8. The lowest BCUT2D eigenvalue weighted by atomic mass is 10.1.